The molecule has 3 atom stereocenters. The number of carbonyl (C=O) groups excluding carboxylic acids is 1. The number of hydrogen-bond donors (Lipinski definition) is 1. The molecule has 1 amide bonds. The van der Waals surface area contributed by atoms with E-state index in [9.17, 15) is 14.7 Å². The summed E-state index contributed by atoms with van der Waals surface area (Å²) < 4.78 is 10.7. The molecular formula is C18H23NO5. The summed E-state index contributed by atoms with van der Waals surface area (Å²) in [5.74, 6) is 0.480. The monoisotopic (exact) mass is 333 g/mol. The third-order valence-electron chi connectivity index (χ3n) is 5.32. The van der Waals surface area contributed by atoms with Crippen molar-refractivity contribution in [3.8, 4) is 11.5 Å². The summed E-state index contributed by atoms with van der Waals surface area (Å²) in [5, 5.41) is 9.60. The van der Waals surface area contributed by atoms with Gasteiger partial charge in [0, 0.05) is 12.1 Å². The highest BCUT2D eigenvalue weighted by Crippen LogP contribution is 2.42. The van der Waals surface area contributed by atoms with Gasteiger partial charge in [-0.15, -0.1) is 0 Å². The number of aliphatic carboxylic acids is 1. The predicted octanol–water partition coefficient (Wildman–Crippen LogP) is 1.96. The van der Waals surface area contributed by atoms with Crippen LogP contribution in [-0.2, 0) is 16.0 Å². The molecule has 6 nitrogen and oxygen atoms in total. The second kappa shape index (κ2) is 6.71. The molecule has 1 aliphatic carbocycles. The lowest BCUT2D eigenvalue weighted by Gasteiger charge is -2.25. The Morgan fingerprint density at radius 1 is 1.21 bits per heavy atom. The molecule has 1 saturated carbocycles. The van der Waals surface area contributed by atoms with Crippen molar-refractivity contribution < 1.29 is 24.2 Å². The molecule has 1 heterocycles. The van der Waals surface area contributed by atoms with Gasteiger partial charge in [-0.05, 0) is 36.8 Å². The molecule has 6 heteroatoms. The van der Waals surface area contributed by atoms with Gasteiger partial charge in [-0.1, -0.05) is 12.5 Å². The molecule has 1 aliphatic heterocycles. The molecule has 3 rings (SSSR count). The summed E-state index contributed by atoms with van der Waals surface area (Å²) in [7, 11) is 3.09. The molecule has 1 aromatic rings. The van der Waals surface area contributed by atoms with Crippen molar-refractivity contribution >= 4 is 11.9 Å². The van der Waals surface area contributed by atoms with Gasteiger partial charge in [-0.3, -0.25) is 4.79 Å². The van der Waals surface area contributed by atoms with Gasteiger partial charge in [-0.2, -0.15) is 0 Å². The summed E-state index contributed by atoms with van der Waals surface area (Å²) in [6.45, 7) is 0.540. The molecule has 24 heavy (non-hydrogen) atoms. The molecule has 2 aliphatic rings. The maximum absolute atomic E-state index is 12.8. The molecule has 1 saturated heterocycles. The molecule has 0 radical (unpaired) electrons. The third kappa shape index (κ3) is 2.81. The zero-order chi connectivity index (χ0) is 17.3. The van der Waals surface area contributed by atoms with Crippen molar-refractivity contribution in [2.24, 2.45) is 11.8 Å². The average Bonchev–Trinajstić information content (AvgIpc) is 3.15. The van der Waals surface area contributed by atoms with Gasteiger partial charge in [0.25, 0.3) is 0 Å². The number of benzene rings is 1. The number of hydrogen-bond acceptors (Lipinski definition) is 4. The number of fused-ring (bicyclic) bond motifs is 1. The smallest absolute Gasteiger partial charge is 0.326 e. The zero-order valence-electron chi connectivity index (χ0n) is 14.0. The van der Waals surface area contributed by atoms with Crippen LogP contribution in [0.25, 0.3) is 0 Å². The number of nitrogens with zero attached hydrogens (tertiary/aromatic N) is 1. The Labute approximate surface area is 141 Å². The fourth-order valence-corrected chi connectivity index (χ4v) is 4.23. The van der Waals surface area contributed by atoms with E-state index < -0.39 is 12.0 Å². The van der Waals surface area contributed by atoms with Gasteiger partial charge in [-0.25, -0.2) is 4.79 Å². The van der Waals surface area contributed by atoms with Crippen LogP contribution in [-0.4, -0.2) is 48.7 Å². The van der Waals surface area contributed by atoms with Crippen LogP contribution in [0.5, 0.6) is 11.5 Å². The number of carboxylic acid groups (broad SMARTS) is 1. The summed E-state index contributed by atoms with van der Waals surface area (Å²) in [4.78, 5) is 26.1. The molecule has 1 N–H and O–H groups in total. The Morgan fingerprint density at radius 3 is 2.46 bits per heavy atom. The highest BCUT2D eigenvalue weighted by Gasteiger charge is 2.49. The predicted molar refractivity (Wildman–Crippen MR) is 87.2 cm³/mol. The van der Waals surface area contributed by atoms with E-state index in [2.05, 4.69) is 0 Å². The first-order valence-corrected chi connectivity index (χ1v) is 8.29. The zero-order valence-corrected chi connectivity index (χ0v) is 14.0. The number of amides is 1. The maximum Gasteiger partial charge on any atom is 0.326 e. The highest BCUT2D eigenvalue weighted by atomic mass is 16.5. The van der Waals surface area contributed by atoms with Crippen molar-refractivity contribution in [2.75, 3.05) is 20.8 Å². The van der Waals surface area contributed by atoms with Gasteiger partial charge in [0.05, 0.1) is 20.6 Å². The molecule has 1 aromatic carbocycles. The highest BCUT2D eigenvalue weighted by molar-refractivity contribution is 5.87. The average molecular weight is 333 g/mol. The Bertz CT molecular complexity index is 622. The lowest BCUT2D eigenvalue weighted by molar-refractivity contribution is -0.149. The minimum absolute atomic E-state index is 0.0798. The second-order valence-corrected chi connectivity index (χ2v) is 6.50. The van der Waals surface area contributed by atoms with Gasteiger partial charge in [0.15, 0.2) is 0 Å². The van der Waals surface area contributed by atoms with Crippen LogP contribution in [0.4, 0.5) is 0 Å². The van der Waals surface area contributed by atoms with E-state index in [0.717, 1.165) is 19.3 Å². The molecule has 3 unspecified atom stereocenters. The molecule has 0 aromatic heterocycles. The van der Waals surface area contributed by atoms with Gasteiger partial charge >= 0.3 is 5.97 Å². The summed E-state index contributed by atoms with van der Waals surface area (Å²) in [6, 6.07) is 4.65. The van der Waals surface area contributed by atoms with Crippen LogP contribution in [0, 0.1) is 11.8 Å². The fourth-order valence-electron chi connectivity index (χ4n) is 4.23. The van der Waals surface area contributed by atoms with Crippen molar-refractivity contribution in [3.63, 3.8) is 0 Å². The van der Waals surface area contributed by atoms with Crippen LogP contribution in [0.15, 0.2) is 18.2 Å². The normalized spacial score (nSPS) is 25.4. The number of methoxy groups -OCH3 is 2. The quantitative estimate of drug-likeness (QED) is 0.891. The Kier molecular flexibility index (Phi) is 4.64. The van der Waals surface area contributed by atoms with Gasteiger partial charge in [0.2, 0.25) is 5.91 Å². The first-order valence-electron chi connectivity index (χ1n) is 8.29. The van der Waals surface area contributed by atoms with Gasteiger partial charge < -0.3 is 19.5 Å². The first kappa shape index (κ1) is 16.6. The fraction of sp³-hybridized carbons (Fsp3) is 0.556. The van der Waals surface area contributed by atoms with Crippen molar-refractivity contribution in [1.29, 1.82) is 0 Å². The SMILES string of the molecule is COc1cccc(OC)c1CC(=O)N1CC2CCCC2C1C(=O)O. The Balaban J connectivity index is 1.84. The molecular weight excluding hydrogens is 310 g/mol. The van der Waals surface area contributed by atoms with E-state index >= 15 is 0 Å². The van der Waals surface area contributed by atoms with Crippen LogP contribution < -0.4 is 9.47 Å². The van der Waals surface area contributed by atoms with Crippen LogP contribution in [0.3, 0.4) is 0 Å². The summed E-state index contributed by atoms with van der Waals surface area (Å²) >= 11 is 0. The lowest BCUT2D eigenvalue weighted by atomic mass is 9.94. The number of carbonyl (C=O) groups is 2. The number of carboxylic acids is 1. The van der Waals surface area contributed by atoms with Crippen molar-refractivity contribution in [2.45, 2.75) is 31.7 Å². The van der Waals surface area contributed by atoms with E-state index in [-0.39, 0.29) is 18.2 Å². The van der Waals surface area contributed by atoms with Crippen LogP contribution >= 0.6 is 0 Å². The van der Waals surface area contributed by atoms with Gasteiger partial charge in [0.1, 0.15) is 17.5 Å². The Hall–Kier alpha value is -2.24. The van der Waals surface area contributed by atoms with E-state index in [4.69, 9.17) is 9.47 Å². The lowest BCUT2D eigenvalue weighted by Crippen LogP contribution is -2.44. The van der Waals surface area contributed by atoms with E-state index in [1.807, 2.05) is 0 Å². The standard InChI is InChI=1S/C18H23NO5/c1-23-14-7-4-8-15(24-2)13(14)9-16(20)19-10-11-5-3-6-12(11)17(19)18(21)22/h4,7-8,11-12,17H,3,5-6,9-10H2,1-2H3,(H,21,22). The van der Waals surface area contributed by atoms with E-state index in [0.29, 0.717) is 29.5 Å². The minimum Gasteiger partial charge on any atom is -0.496 e. The number of likely N-dealkylation sites (tertiary alicyclic amines) is 1. The van der Waals surface area contributed by atoms with E-state index in [1.54, 1.807) is 37.3 Å². The molecule has 0 bridgehead atoms. The van der Waals surface area contributed by atoms with Crippen molar-refractivity contribution in [1.82, 2.24) is 4.90 Å². The first-order chi connectivity index (χ1) is 11.6. The Morgan fingerprint density at radius 2 is 1.88 bits per heavy atom. The molecule has 2 fully saturated rings. The summed E-state index contributed by atoms with van der Waals surface area (Å²) in [5.41, 5.74) is 0.661. The van der Waals surface area contributed by atoms with Crippen LogP contribution in [0.2, 0.25) is 0 Å². The maximum atomic E-state index is 12.8. The van der Waals surface area contributed by atoms with E-state index in [1.165, 1.54) is 0 Å². The number of rotatable bonds is 5. The number of ether oxygens (including phenoxy) is 2. The van der Waals surface area contributed by atoms with Crippen molar-refractivity contribution in [3.05, 3.63) is 23.8 Å². The topological polar surface area (TPSA) is 76.1 Å². The second-order valence-electron chi connectivity index (χ2n) is 6.50. The summed E-state index contributed by atoms with van der Waals surface area (Å²) in [6.07, 6.45) is 3.04. The molecule has 0 spiro atoms. The largest absolute Gasteiger partial charge is 0.496 e. The minimum atomic E-state index is -0.898. The third-order valence-corrected chi connectivity index (χ3v) is 5.32. The molecule has 130 valence electrons. The van der Waals surface area contributed by atoms with Crippen LogP contribution in [0.1, 0.15) is 24.8 Å².